The minimum atomic E-state index is -0.233. The van der Waals surface area contributed by atoms with E-state index in [0.717, 1.165) is 18.4 Å². The van der Waals surface area contributed by atoms with E-state index in [1.54, 1.807) is 6.08 Å². The zero-order valence-corrected chi connectivity index (χ0v) is 11.8. The quantitative estimate of drug-likeness (QED) is 0.918. The maximum Gasteiger partial charge on any atom is 0.247 e. The molecule has 1 aromatic rings. The fourth-order valence-corrected chi connectivity index (χ4v) is 3.66. The van der Waals surface area contributed by atoms with Crippen molar-refractivity contribution in [1.29, 1.82) is 0 Å². The van der Waals surface area contributed by atoms with Gasteiger partial charge in [-0.15, -0.1) is 0 Å². The fraction of sp³-hybridized carbons (Fsp3) is 0.471. The first kappa shape index (κ1) is 13.4. The summed E-state index contributed by atoms with van der Waals surface area (Å²) in [4.78, 5) is 14.3. The van der Waals surface area contributed by atoms with Crippen LogP contribution in [0, 0.1) is 5.92 Å². The SMILES string of the molecule is C[C@@H]1CCCC2=CC(=O)N([C@@H](CO)c3ccccc3)[C@@H]21. The largest absolute Gasteiger partial charge is 0.394 e. The Bertz CT molecular complexity index is 523. The predicted octanol–water partition coefficient (Wildman–Crippen LogP) is 2.68. The van der Waals surface area contributed by atoms with Crippen LogP contribution in [0.4, 0.5) is 0 Å². The second kappa shape index (κ2) is 5.41. The summed E-state index contributed by atoms with van der Waals surface area (Å²) in [6.45, 7) is 2.18. The third kappa shape index (κ3) is 2.16. The summed E-state index contributed by atoms with van der Waals surface area (Å²) in [6, 6.07) is 9.78. The summed E-state index contributed by atoms with van der Waals surface area (Å²) >= 11 is 0. The minimum absolute atomic E-state index is 0.0277. The molecule has 0 spiro atoms. The van der Waals surface area contributed by atoms with E-state index in [0.29, 0.717) is 5.92 Å². The predicted molar refractivity (Wildman–Crippen MR) is 78.0 cm³/mol. The van der Waals surface area contributed by atoms with Crippen LogP contribution in [0.3, 0.4) is 0 Å². The van der Waals surface area contributed by atoms with Crippen LogP contribution in [0.1, 0.15) is 37.8 Å². The molecule has 2 aliphatic rings. The Kier molecular flexibility index (Phi) is 3.62. The van der Waals surface area contributed by atoms with E-state index < -0.39 is 0 Å². The van der Waals surface area contributed by atoms with Gasteiger partial charge >= 0.3 is 0 Å². The lowest BCUT2D eigenvalue weighted by Crippen LogP contribution is -2.44. The van der Waals surface area contributed by atoms with Crippen LogP contribution in [0.15, 0.2) is 42.0 Å². The van der Waals surface area contributed by atoms with Crippen molar-refractivity contribution >= 4 is 5.91 Å². The molecule has 20 heavy (non-hydrogen) atoms. The van der Waals surface area contributed by atoms with Crippen LogP contribution >= 0.6 is 0 Å². The van der Waals surface area contributed by atoms with Crippen LogP contribution in [-0.4, -0.2) is 28.6 Å². The molecule has 1 aliphatic heterocycles. The van der Waals surface area contributed by atoms with Crippen molar-refractivity contribution in [3.8, 4) is 0 Å². The molecule has 0 radical (unpaired) electrons. The molecule has 1 aliphatic carbocycles. The lowest BCUT2D eigenvalue weighted by Gasteiger charge is -2.39. The Morgan fingerprint density at radius 3 is 2.80 bits per heavy atom. The number of carbonyl (C=O) groups excluding carboxylic acids is 1. The van der Waals surface area contributed by atoms with Gasteiger partial charge in [0.1, 0.15) is 0 Å². The number of benzene rings is 1. The number of aliphatic hydroxyl groups is 1. The van der Waals surface area contributed by atoms with Crippen molar-refractivity contribution in [3.63, 3.8) is 0 Å². The summed E-state index contributed by atoms with van der Waals surface area (Å²) in [7, 11) is 0. The van der Waals surface area contributed by atoms with Gasteiger partial charge < -0.3 is 10.0 Å². The van der Waals surface area contributed by atoms with Crippen LogP contribution < -0.4 is 0 Å². The Morgan fingerprint density at radius 1 is 1.35 bits per heavy atom. The van der Waals surface area contributed by atoms with Crippen molar-refractivity contribution in [3.05, 3.63) is 47.5 Å². The first-order chi connectivity index (χ1) is 9.72. The Hall–Kier alpha value is -1.61. The van der Waals surface area contributed by atoms with E-state index in [4.69, 9.17) is 0 Å². The third-order valence-corrected chi connectivity index (χ3v) is 4.60. The number of hydrogen-bond acceptors (Lipinski definition) is 2. The molecular weight excluding hydrogens is 250 g/mol. The standard InChI is InChI=1S/C17H21NO2/c1-12-6-5-9-14-10-16(20)18(17(12)14)15(11-19)13-7-3-2-4-8-13/h2-4,7-8,10,12,15,17,19H,5-6,9,11H2,1H3/t12-,15+,17-/m1/s1. The van der Waals surface area contributed by atoms with Crippen LogP contribution in [0.2, 0.25) is 0 Å². The molecule has 3 nitrogen and oxygen atoms in total. The number of carbonyl (C=O) groups is 1. The highest BCUT2D eigenvalue weighted by molar-refractivity contribution is 5.92. The average Bonchev–Trinajstić information content (AvgIpc) is 2.79. The number of rotatable bonds is 3. The molecule has 0 saturated heterocycles. The summed E-state index contributed by atoms with van der Waals surface area (Å²) in [5.74, 6) is 0.529. The highest BCUT2D eigenvalue weighted by Crippen LogP contribution is 2.40. The first-order valence-electron chi connectivity index (χ1n) is 7.41. The molecule has 1 N–H and O–H groups in total. The van der Waals surface area contributed by atoms with Crippen molar-refractivity contribution in [2.45, 2.75) is 38.3 Å². The minimum Gasteiger partial charge on any atom is -0.394 e. The van der Waals surface area contributed by atoms with Gasteiger partial charge in [-0.05, 0) is 36.3 Å². The van der Waals surface area contributed by atoms with Crippen LogP contribution in [-0.2, 0) is 4.79 Å². The first-order valence-corrected chi connectivity index (χ1v) is 7.41. The smallest absolute Gasteiger partial charge is 0.247 e. The van der Waals surface area contributed by atoms with Gasteiger partial charge in [0, 0.05) is 6.08 Å². The van der Waals surface area contributed by atoms with Crippen LogP contribution in [0.25, 0.3) is 0 Å². The molecule has 0 aromatic heterocycles. The van der Waals surface area contributed by atoms with Crippen molar-refractivity contribution in [2.75, 3.05) is 6.61 Å². The fourth-order valence-electron chi connectivity index (χ4n) is 3.66. The third-order valence-electron chi connectivity index (χ3n) is 4.60. The van der Waals surface area contributed by atoms with E-state index in [1.165, 1.54) is 12.0 Å². The van der Waals surface area contributed by atoms with Gasteiger partial charge in [0.2, 0.25) is 5.91 Å². The van der Waals surface area contributed by atoms with Crippen molar-refractivity contribution in [1.82, 2.24) is 4.90 Å². The number of nitrogens with zero attached hydrogens (tertiary/aromatic N) is 1. The van der Waals surface area contributed by atoms with Gasteiger partial charge in [0.15, 0.2) is 0 Å². The second-order valence-corrected chi connectivity index (χ2v) is 5.89. The maximum absolute atomic E-state index is 12.4. The zero-order valence-electron chi connectivity index (χ0n) is 11.8. The van der Waals surface area contributed by atoms with E-state index in [-0.39, 0.29) is 24.6 Å². The van der Waals surface area contributed by atoms with Gasteiger partial charge in [0.25, 0.3) is 0 Å². The number of hydrogen-bond donors (Lipinski definition) is 1. The van der Waals surface area contributed by atoms with Gasteiger partial charge in [-0.25, -0.2) is 0 Å². The van der Waals surface area contributed by atoms with E-state index in [2.05, 4.69) is 6.92 Å². The Balaban J connectivity index is 1.94. The van der Waals surface area contributed by atoms with Crippen LogP contribution in [0.5, 0.6) is 0 Å². The Labute approximate surface area is 119 Å². The summed E-state index contributed by atoms with van der Waals surface area (Å²) < 4.78 is 0. The number of fused-ring (bicyclic) bond motifs is 1. The van der Waals surface area contributed by atoms with Gasteiger partial charge in [-0.1, -0.05) is 37.3 Å². The molecule has 3 rings (SSSR count). The number of aliphatic hydroxyl groups excluding tert-OH is 1. The van der Waals surface area contributed by atoms with Crippen molar-refractivity contribution in [2.24, 2.45) is 5.92 Å². The lowest BCUT2D eigenvalue weighted by molar-refractivity contribution is -0.130. The molecule has 1 amide bonds. The van der Waals surface area contributed by atoms with Gasteiger partial charge in [0.05, 0.1) is 18.7 Å². The monoisotopic (exact) mass is 271 g/mol. The average molecular weight is 271 g/mol. The normalized spacial score (nSPS) is 27.2. The molecule has 106 valence electrons. The number of amides is 1. The maximum atomic E-state index is 12.4. The van der Waals surface area contributed by atoms with Gasteiger partial charge in [-0.2, -0.15) is 0 Å². The molecule has 3 heteroatoms. The van der Waals surface area contributed by atoms with E-state index >= 15 is 0 Å². The molecule has 3 atom stereocenters. The van der Waals surface area contributed by atoms with E-state index in [1.807, 2.05) is 35.2 Å². The van der Waals surface area contributed by atoms with Crippen molar-refractivity contribution < 1.29 is 9.90 Å². The van der Waals surface area contributed by atoms with Gasteiger partial charge in [-0.3, -0.25) is 4.79 Å². The van der Waals surface area contributed by atoms with E-state index in [9.17, 15) is 9.90 Å². The molecule has 0 unspecified atom stereocenters. The second-order valence-electron chi connectivity index (χ2n) is 5.89. The summed E-state index contributed by atoms with van der Waals surface area (Å²) in [5, 5.41) is 9.82. The molecule has 1 saturated carbocycles. The topological polar surface area (TPSA) is 40.5 Å². The summed E-state index contributed by atoms with van der Waals surface area (Å²) in [6.07, 6.45) is 5.13. The highest BCUT2D eigenvalue weighted by Gasteiger charge is 2.41. The molecule has 1 heterocycles. The summed E-state index contributed by atoms with van der Waals surface area (Å²) in [5.41, 5.74) is 2.26. The zero-order chi connectivity index (χ0) is 14.1. The molecule has 1 aromatic carbocycles. The molecule has 1 fully saturated rings. The highest BCUT2D eigenvalue weighted by atomic mass is 16.3. The lowest BCUT2D eigenvalue weighted by atomic mass is 9.82. The molecule has 0 bridgehead atoms. The molecular formula is C17H21NO2. The Morgan fingerprint density at radius 2 is 2.10 bits per heavy atom.